The van der Waals surface area contributed by atoms with E-state index in [2.05, 4.69) is 10.3 Å². The highest BCUT2D eigenvalue weighted by Crippen LogP contribution is 2.35. The molecule has 1 aromatic heterocycles. The number of thiazole rings is 1. The Labute approximate surface area is 213 Å². The van der Waals surface area contributed by atoms with Crippen molar-refractivity contribution in [3.8, 4) is 5.75 Å². The first-order valence-corrected chi connectivity index (χ1v) is 13.1. The lowest BCUT2D eigenvalue weighted by atomic mass is 9.80. The van der Waals surface area contributed by atoms with Gasteiger partial charge in [-0.3, -0.25) is 4.79 Å². The summed E-state index contributed by atoms with van der Waals surface area (Å²) < 4.78 is 48.1. The minimum atomic E-state index is -4.61. The van der Waals surface area contributed by atoms with Crippen LogP contribution in [-0.4, -0.2) is 39.9 Å². The van der Waals surface area contributed by atoms with Gasteiger partial charge in [0.1, 0.15) is 12.4 Å². The first-order chi connectivity index (χ1) is 16.7. The van der Waals surface area contributed by atoms with Crippen LogP contribution >= 0.6 is 11.3 Å². The van der Waals surface area contributed by atoms with E-state index < -0.39 is 23.2 Å². The Kier molecular flexibility index (Phi) is 7.18. The van der Waals surface area contributed by atoms with Crippen LogP contribution in [0.1, 0.15) is 80.6 Å². The number of aliphatic hydroxyl groups is 1. The van der Waals surface area contributed by atoms with Crippen LogP contribution in [0.5, 0.6) is 5.75 Å². The third-order valence-corrected chi connectivity index (χ3v) is 8.39. The van der Waals surface area contributed by atoms with Gasteiger partial charge in [-0.25, -0.2) is 0 Å². The van der Waals surface area contributed by atoms with Crippen LogP contribution in [0.25, 0.3) is 0 Å². The predicted molar refractivity (Wildman–Crippen MR) is 132 cm³/mol. The zero-order valence-electron chi connectivity index (χ0n) is 21.2. The lowest BCUT2D eigenvalue weighted by Gasteiger charge is -2.36. The minimum absolute atomic E-state index is 0.0726. The van der Waals surface area contributed by atoms with Gasteiger partial charge in [-0.2, -0.15) is 18.2 Å². The van der Waals surface area contributed by atoms with Crippen LogP contribution in [0.2, 0.25) is 0 Å². The van der Waals surface area contributed by atoms with Gasteiger partial charge >= 0.3 is 6.18 Å². The molecule has 1 aliphatic heterocycles. The van der Waals surface area contributed by atoms with Crippen molar-refractivity contribution in [3.63, 3.8) is 0 Å². The van der Waals surface area contributed by atoms with Gasteiger partial charge in [0.25, 0.3) is 5.91 Å². The fraction of sp³-hybridized carbons (Fsp3) is 0.615. The van der Waals surface area contributed by atoms with Crippen molar-refractivity contribution in [3.05, 3.63) is 45.2 Å². The molecule has 1 aliphatic carbocycles. The van der Waals surface area contributed by atoms with Gasteiger partial charge in [-0.05, 0) is 69.2 Å². The molecule has 0 radical (unpaired) electrons. The van der Waals surface area contributed by atoms with E-state index >= 15 is 0 Å². The first kappa shape index (κ1) is 26.9. The standard InChI is InChI=1S/C26H34F3N3O3S/c1-23(2,3)20-14-32(15-25(34)10-5-11-25)22(36-20)31-21(33)18-13-17(26(27,28)29)7-8-19(18)35-16-24(4)9-6-12-30-24/h7-8,13-14,30,34H,5-6,9-12,15-16H2,1-4H3/t24-/m0/s1. The van der Waals surface area contributed by atoms with E-state index in [-0.39, 0.29) is 35.4 Å². The molecule has 0 bridgehead atoms. The smallest absolute Gasteiger partial charge is 0.416 e. The Bertz CT molecular complexity index is 1180. The second kappa shape index (κ2) is 9.61. The molecule has 1 atom stereocenters. The van der Waals surface area contributed by atoms with Crippen LogP contribution in [-0.2, 0) is 18.1 Å². The Morgan fingerprint density at radius 2 is 1.94 bits per heavy atom. The molecular formula is C26H34F3N3O3S. The van der Waals surface area contributed by atoms with Crippen molar-refractivity contribution in [1.29, 1.82) is 0 Å². The molecular weight excluding hydrogens is 491 g/mol. The minimum Gasteiger partial charge on any atom is -0.491 e. The molecule has 1 saturated carbocycles. The van der Waals surface area contributed by atoms with Crippen molar-refractivity contribution in [2.75, 3.05) is 13.2 Å². The summed E-state index contributed by atoms with van der Waals surface area (Å²) >= 11 is 1.30. The molecule has 1 amide bonds. The molecule has 2 fully saturated rings. The SMILES string of the molecule is CC(C)(C)c1cn(CC2(O)CCC2)c(=NC(=O)c2cc(C(F)(F)F)ccc2OC[C@]2(C)CCCN2)s1. The fourth-order valence-electron chi connectivity index (χ4n) is 4.45. The number of halogens is 3. The van der Waals surface area contributed by atoms with Crippen LogP contribution < -0.4 is 14.9 Å². The third kappa shape index (κ3) is 6.03. The topological polar surface area (TPSA) is 75.8 Å². The van der Waals surface area contributed by atoms with Crippen molar-refractivity contribution < 1.29 is 27.8 Å². The molecule has 2 heterocycles. The summed E-state index contributed by atoms with van der Waals surface area (Å²) in [5.41, 5.74) is -2.55. The molecule has 6 nitrogen and oxygen atoms in total. The Morgan fingerprint density at radius 3 is 2.50 bits per heavy atom. The van der Waals surface area contributed by atoms with E-state index in [1.165, 1.54) is 17.4 Å². The molecule has 0 unspecified atom stereocenters. The fourth-order valence-corrected chi connectivity index (χ4v) is 5.50. The molecule has 2 aliphatic rings. The summed E-state index contributed by atoms with van der Waals surface area (Å²) in [5, 5.41) is 14.1. The van der Waals surface area contributed by atoms with Gasteiger partial charge in [0, 0.05) is 16.6 Å². The third-order valence-electron chi connectivity index (χ3n) is 6.95. The van der Waals surface area contributed by atoms with Crippen LogP contribution in [0.4, 0.5) is 13.2 Å². The second-order valence-electron chi connectivity index (χ2n) is 11.3. The number of nitrogens with one attached hydrogen (secondary N) is 1. The molecule has 10 heteroatoms. The summed E-state index contributed by atoms with van der Waals surface area (Å²) in [6.07, 6.45) is 1.37. The molecule has 198 valence electrons. The highest BCUT2D eigenvalue weighted by molar-refractivity contribution is 7.09. The maximum Gasteiger partial charge on any atom is 0.416 e. The molecule has 1 saturated heterocycles. The summed E-state index contributed by atoms with van der Waals surface area (Å²) in [6, 6.07) is 2.93. The summed E-state index contributed by atoms with van der Waals surface area (Å²) in [6.45, 7) is 9.43. The molecule has 36 heavy (non-hydrogen) atoms. The number of hydrogen-bond acceptors (Lipinski definition) is 5. The Balaban J connectivity index is 1.72. The monoisotopic (exact) mass is 525 g/mol. The number of amides is 1. The molecule has 4 rings (SSSR count). The quantitative estimate of drug-likeness (QED) is 0.554. The van der Waals surface area contributed by atoms with Crippen LogP contribution in [0.3, 0.4) is 0 Å². The van der Waals surface area contributed by atoms with E-state index in [1.54, 1.807) is 4.57 Å². The number of hydrogen-bond donors (Lipinski definition) is 2. The van der Waals surface area contributed by atoms with Crippen molar-refractivity contribution in [2.24, 2.45) is 4.99 Å². The average Bonchev–Trinajstić information content (AvgIpc) is 3.37. The van der Waals surface area contributed by atoms with Crippen molar-refractivity contribution in [2.45, 2.75) is 89.1 Å². The Hall–Kier alpha value is -2.17. The first-order valence-electron chi connectivity index (χ1n) is 12.3. The van der Waals surface area contributed by atoms with Crippen molar-refractivity contribution in [1.82, 2.24) is 9.88 Å². The number of rotatable bonds is 6. The number of alkyl halides is 3. The van der Waals surface area contributed by atoms with E-state index in [9.17, 15) is 23.1 Å². The largest absolute Gasteiger partial charge is 0.491 e. The van der Waals surface area contributed by atoms with Crippen LogP contribution in [0.15, 0.2) is 29.4 Å². The number of carbonyl (C=O) groups is 1. The lowest BCUT2D eigenvalue weighted by Crippen LogP contribution is -2.43. The number of ether oxygens (including phenoxy) is 1. The molecule has 2 N–H and O–H groups in total. The number of nitrogens with zero attached hydrogens (tertiary/aromatic N) is 2. The predicted octanol–water partition coefficient (Wildman–Crippen LogP) is 5.04. The summed E-state index contributed by atoms with van der Waals surface area (Å²) in [4.78, 5) is 18.9. The van der Waals surface area contributed by atoms with Gasteiger partial charge in [-0.1, -0.05) is 20.8 Å². The Morgan fingerprint density at radius 1 is 1.22 bits per heavy atom. The molecule has 0 spiro atoms. The number of aromatic nitrogens is 1. The van der Waals surface area contributed by atoms with Gasteiger partial charge in [0.05, 0.1) is 23.3 Å². The van der Waals surface area contributed by atoms with E-state index in [4.69, 9.17) is 4.74 Å². The zero-order valence-corrected chi connectivity index (χ0v) is 22.0. The maximum absolute atomic E-state index is 13.5. The number of carbonyl (C=O) groups excluding carboxylic acids is 1. The second-order valence-corrected chi connectivity index (χ2v) is 12.3. The number of benzene rings is 1. The summed E-state index contributed by atoms with van der Waals surface area (Å²) in [5.74, 6) is -0.735. The lowest BCUT2D eigenvalue weighted by molar-refractivity contribution is -0.137. The van der Waals surface area contributed by atoms with Gasteiger partial charge in [0.15, 0.2) is 4.80 Å². The average molecular weight is 526 g/mol. The normalized spacial score (nSPS) is 22.5. The highest BCUT2D eigenvalue weighted by atomic mass is 32.1. The summed E-state index contributed by atoms with van der Waals surface area (Å²) in [7, 11) is 0. The van der Waals surface area contributed by atoms with Crippen molar-refractivity contribution >= 4 is 17.2 Å². The maximum atomic E-state index is 13.5. The van der Waals surface area contributed by atoms with Gasteiger partial charge in [-0.15, -0.1) is 11.3 Å². The molecule has 2 aromatic rings. The molecule has 1 aromatic carbocycles. The highest BCUT2D eigenvalue weighted by Gasteiger charge is 2.36. The van der Waals surface area contributed by atoms with Crippen LogP contribution in [0, 0.1) is 0 Å². The van der Waals surface area contributed by atoms with E-state index in [0.717, 1.165) is 42.8 Å². The van der Waals surface area contributed by atoms with E-state index in [0.29, 0.717) is 17.6 Å². The zero-order chi connectivity index (χ0) is 26.4. The van der Waals surface area contributed by atoms with E-state index in [1.807, 2.05) is 33.9 Å². The van der Waals surface area contributed by atoms with Gasteiger partial charge < -0.3 is 19.7 Å². The van der Waals surface area contributed by atoms with Gasteiger partial charge in [0.2, 0.25) is 0 Å².